The Bertz CT molecular complexity index is 577. The van der Waals surface area contributed by atoms with Crippen molar-refractivity contribution in [1.82, 2.24) is 10.2 Å². The van der Waals surface area contributed by atoms with E-state index in [1.807, 2.05) is 13.8 Å². The highest BCUT2D eigenvalue weighted by Gasteiger charge is 2.42. The second-order valence-electron chi connectivity index (χ2n) is 5.96. The summed E-state index contributed by atoms with van der Waals surface area (Å²) in [6.07, 6.45) is 0.421. The first-order valence-corrected chi connectivity index (χ1v) is 7.71. The van der Waals surface area contributed by atoms with Crippen LogP contribution in [0.3, 0.4) is 0 Å². The van der Waals surface area contributed by atoms with Gasteiger partial charge in [0.1, 0.15) is 6.04 Å². The maximum atomic E-state index is 12.6. The monoisotopic (exact) mass is 318 g/mol. The molecule has 6 heteroatoms. The summed E-state index contributed by atoms with van der Waals surface area (Å²) < 4.78 is 4.91. The van der Waals surface area contributed by atoms with E-state index < -0.39 is 17.9 Å². The molecule has 3 amide bonds. The topological polar surface area (TPSA) is 75.7 Å². The van der Waals surface area contributed by atoms with Crippen LogP contribution >= 0.6 is 0 Å². The molecule has 1 heterocycles. The number of nitrogens with zero attached hydrogens (tertiary/aromatic N) is 1. The van der Waals surface area contributed by atoms with Gasteiger partial charge in [0.2, 0.25) is 5.91 Å². The molecule has 0 bridgehead atoms. The summed E-state index contributed by atoms with van der Waals surface area (Å²) in [7, 11) is 1.54. The van der Waals surface area contributed by atoms with Gasteiger partial charge >= 0.3 is 0 Å². The van der Waals surface area contributed by atoms with Gasteiger partial charge in [-0.15, -0.1) is 0 Å². The number of nitrogens with one attached hydrogen (secondary N) is 1. The van der Waals surface area contributed by atoms with E-state index in [0.29, 0.717) is 30.7 Å². The second kappa shape index (κ2) is 7.37. The van der Waals surface area contributed by atoms with Crippen molar-refractivity contribution < 1.29 is 19.1 Å². The summed E-state index contributed by atoms with van der Waals surface area (Å²) in [5, 5.41) is 2.72. The number of hydrogen-bond acceptors (Lipinski definition) is 4. The van der Waals surface area contributed by atoms with E-state index in [2.05, 4.69) is 5.32 Å². The van der Waals surface area contributed by atoms with Crippen molar-refractivity contribution in [2.75, 3.05) is 20.3 Å². The zero-order valence-corrected chi connectivity index (χ0v) is 13.7. The number of benzene rings is 1. The molecule has 0 saturated heterocycles. The smallest absolute Gasteiger partial charge is 0.262 e. The van der Waals surface area contributed by atoms with Crippen LogP contribution in [-0.4, -0.2) is 48.9 Å². The minimum Gasteiger partial charge on any atom is -0.383 e. The van der Waals surface area contributed by atoms with Gasteiger partial charge in [-0.1, -0.05) is 26.0 Å². The molecule has 0 radical (unpaired) electrons. The maximum absolute atomic E-state index is 12.6. The Kier molecular flexibility index (Phi) is 5.50. The Morgan fingerprint density at radius 2 is 1.74 bits per heavy atom. The molecule has 1 aromatic rings. The Morgan fingerprint density at radius 3 is 2.22 bits per heavy atom. The number of carbonyl (C=O) groups excluding carboxylic acids is 3. The molecule has 0 unspecified atom stereocenters. The quantitative estimate of drug-likeness (QED) is 0.610. The molecule has 1 atom stereocenters. The van der Waals surface area contributed by atoms with Gasteiger partial charge in [0, 0.05) is 13.7 Å². The minimum atomic E-state index is -0.806. The molecule has 1 aromatic carbocycles. The SMILES string of the molecule is COCCNC(=O)[C@@H](CC(C)C)N1C(=O)c2ccccc2C1=O. The number of methoxy groups -OCH3 is 1. The number of amides is 3. The third-order valence-electron chi connectivity index (χ3n) is 3.74. The van der Waals surface area contributed by atoms with Gasteiger partial charge in [0.05, 0.1) is 17.7 Å². The van der Waals surface area contributed by atoms with Crippen molar-refractivity contribution in [1.29, 1.82) is 0 Å². The maximum Gasteiger partial charge on any atom is 0.262 e. The Morgan fingerprint density at radius 1 is 1.17 bits per heavy atom. The lowest BCUT2D eigenvalue weighted by atomic mass is 10.0. The van der Waals surface area contributed by atoms with Crippen molar-refractivity contribution in [3.05, 3.63) is 35.4 Å². The molecule has 0 spiro atoms. The van der Waals surface area contributed by atoms with Gasteiger partial charge in [-0.25, -0.2) is 0 Å². The normalized spacial score (nSPS) is 15.0. The first kappa shape index (κ1) is 17.1. The largest absolute Gasteiger partial charge is 0.383 e. The highest BCUT2D eigenvalue weighted by molar-refractivity contribution is 6.22. The molecule has 1 N–H and O–H groups in total. The summed E-state index contributed by atoms with van der Waals surface area (Å²) in [5.41, 5.74) is 0.715. The molecule has 23 heavy (non-hydrogen) atoms. The van der Waals surface area contributed by atoms with E-state index in [4.69, 9.17) is 4.74 Å². The van der Waals surface area contributed by atoms with Crippen LogP contribution in [-0.2, 0) is 9.53 Å². The number of carbonyl (C=O) groups is 3. The first-order valence-electron chi connectivity index (χ1n) is 7.71. The van der Waals surface area contributed by atoms with E-state index >= 15 is 0 Å². The van der Waals surface area contributed by atoms with Gasteiger partial charge in [-0.05, 0) is 24.5 Å². The molecule has 2 rings (SSSR count). The van der Waals surface area contributed by atoms with E-state index in [-0.39, 0.29) is 11.8 Å². The summed E-state index contributed by atoms with van der Waals surface area (Å²) in [6, 6.07) is 5.85. The third kappa shape index (κ3) is 3.59. The van der Waals surface area contributed by atoms with Gasteiger partial charge < -0.3 is 10.1 Å². The van der Waals surface area contributed by atoms with Crippen molar-refractivity contribution in [3.8, 4) is 0 Å². The van der Waals surface area contributed by atoms with E-state index in [9.17, 15) is 14.4 Å². The van der Waals surface area contributed by atoms with E-state index in [1.54, 1.807) is 31.4 Å². The van der Waals surface area contributed by atoms with Crippen molar-refractivity contribution in [2.45, 2.75) is 26.3 Å². The fourth-order valence-electron chi connectivity index (χ4n) is 2.66. The van der Waals surface area contributed by atoms with Gasteiger partial charge in [0.25, 0.3) is 11.8 Å². The average molecular weight is 318 g/mol. The zero-order chi connectivity index (χ0) is 17.0. The lowest BCUT2D eigenvalue weighted by molar-refractivity contribution is -0.125. The predicted molar refractivity (Wildman–Crippen MR) is 85.1 cm³/mol. The molecule has 0 aromatic heterocycles. The molecule has 1 aliphatic rings. The molecule has 124 valence electrons. The third-order valence-corrected chi connectivity index (χ3v) is 3.74. The molecule has 0 fully saturated rings. The predicted octanol–water partition coefficient (Wildman–Crippen LogP) is 1.46. The average Bonchev–Trinajstić information content (AvgIpc) is 2.77. The lowest BCUT2D eigenvalue weighted by Gasteiger charge is -2.26. The summed E-state index contributed by atoms with van der Waals surface area (Å²) in [4.78, 5) is 38.7. The second-order valence-corrected chi connectivity index (χ2v) is 5.96. The number of imide groups is 1. The Hall–Kier alpha value is -2.21. The molecule has 0 saturated carbocycles. The summed E-state index contributed by atoms with van der Waals surface area (Å²) in [5.74, 6) is -0.973. The van der Waals surface area contributed by atoms with Crippen LogP contribution in [0.1, 0.15) is 41.0 Å². The number of ether oxygens (including phenoxy) is 1. The molecule has 1 aliphatic heterocycles. The standard InChI is InChI=1S/C17H22N2O4/c1-11(2)10-14(15(20)18-8-9-23-3)19-16(21)12-6-4-5-7-13(12)17(19)22/h4-7,11,14H,8-10H2,1-3H3,(H,18,20)/t14-/m1/s1. The Labute approximate surface area is 135 Å². The molecular weight excluding hydrogens is 296 g/mol. The van der Waals surface area contributed by atoms with Crippen molar-refractivity contribution >= 4 is 17.7 Å². The van der Waals surface area contributed by atoms with Crippen LogP contribution in [0.4, 0.5) is 0 Å². The van der Waals surface area contributed by atoms with Crippen LogP contribution in [0.25, 0.3) is 0 Å². The van der Waals surface area contributed by atoms with Crippen molar-refractivity contribution in [2.24, 2.45) is 5.92 Å². The highest BCUT2D eigenvalue weighted by Crippen LogP contribution is 2.26. The summed E-state index contributed by atoms with van der Waals surface area (Å²) in [6.45, 7) is 4.62. The Balaban J connectivity index is 2.24. The highest BCUT2D eigenvalue weighted by atomic mass is 16.5. The number of hydrogen-bond donors (Lipinski definition) is 1. The molecular formula is C17H22N2O4. The van der Waals surface area contributed by atoms with Crippen LogP contribution < -0.4 is 5.32 Å². The van der Waals surface area contributed by atoms with Crippen LogP contribution in [0.2, 0.25) is 0 Å². The van der Waals surface area contributed by atoms with E-state index in [1.165, 1.54) is 0 Å². The van der Waals surface area contributed by atoms with Crippen LogP contribution in [0, 0.1) is 5.92 Å². The fourth-order valence-corrected chi connectivity index (χ4v) is 2.66. The lowest BCUT2D eigenvalue weighted by Crippen LogP contribution is -2.50. The van der Waals surface area contributed by atoms with Crippen LogP contribution in [0.15, 0.2) is 24.3 Å². The number of fused-ring (bicyclic) bond motifs is 1. The van der Waals surface area contributed by atoms with Gasteiger partial charge in [0.15, 0.2) is 0 Å². The van der Waals surface area contributed by atoms with Gasteiger partial charge in [-0.2, -0.15) is 0 Å². The summed E-state index contributed by atoms with van der Waals surface area (Å²) >= 11 is 0. The number of rotatable bonds is 7. The fraction of sp³-hybridized carbons (Fsp3) is 0.471. The van der Waals surface area contributed by atoms with Gasteiger partial charge in [-0.3, -0.25) is 19.3 Å². The van der Waals surface area contributed by atoms with E-state index in [0.717, 1.165) is 4.90 Å². The van der Waals surface area contributed by atoms with Crippen molar-refractivity contribution in [3.63, 3.8) is 0 Å². The zero-order valence-electron chi connectivity index (χ0n) is 13.7. The van der Waals surface area contributed by atoms with Crippen LogP contribution in [0.5, 0.6) is 0 Å². The molecule has 6 nitrogen and oxygen atoms in total. The molecule has 0 aliphatic carbocycles. The minimum absolute atomic E-state index is 0.164. The first-order chi connectivity index (χ1) is 11.0.